The molecule has 0 radical (unpaired) electrons. The second-order valence-corrected chi connectivity index (χ2v) is 8.73. The number of likely N-dealkylation sites (tertiary alicyclic amines) is 1. The van der Waals surface area contributed by atoms with Crippen LogP contribution >= 0.6 is 11.6 Å². The minimum Gasteiger partial charge on any atom is -0.480 e. The molecule has 1 aromatic carbocycles. The zero-order valence-corrected chi connectivity index (χ0v) is 15.4. The van der Waals surface area contributed by atoms with Gasteiger partial charge in [-0.1, -0.05) is 23.7 Å². The van der Waals surface area contributed by atoms with Crippen molar-refractivity contribution in [2.24, 2.45) is 0 Å². The summed E-state index contributed by atoms with van der Waals surface area (Å²) in [4.78, 5) is 13.6. The van der Waals surface area contributed by atoms with E-state index in [0.717, 1.165) is 0 Å². The highest BCUT2D eigenvalue weighted by atomic mass is 35.5. The van der Waals surface area contributed by atoms with Gasteiger partial charge < -0.3 is 5.11 Å². The summed E-state index contributed by atoms with van der Waals surface area (Å²) in [6, 6.07) is 6.02. The van der Waals surface area contributed by atoms with Gasteiger partial charge in [-0.2, -0.15) is 0 Å². The molecule has 0 aromatic heterocycles. The first kappa shape index (κ1) is 19.2. The van der Waals surface area contributed by atoms with Crippen molar-refractivity contribution in [3.05, 3.63) is 34.9 Å². The molecular formula is C16H23ClN2O4S. The Morgan fingerprint density at radius 1 is 1.42 bits per heavy atom. The zero-order valence-electron chi connectivity index (χ0n) is 13.9. The predicted molar refractivity (Wildman–Crippen MR) is 93.6 cm³/mol. The van der Waals surface area contributed by atoms with Gasteiger partial charge in [0, 0.05) is 31.2 Å². The maximum Gasteiger partial charge on any atom is 0.325 e. The third-order valence-electron chi connectivity index (χ3n) is 4.58. The van der Waals surface area contributed by atoms with Crippen LogP contribution in [-0.2, 0) is 14.8 Å². The van der Waals surface area contributed by atoms with Crippen molar-refractivity contribution in [2.45, 2.75) is 31.8 Å². The van der Waals surface area contributed by atoms with E-state index in [1.807, 2.05) is 4.90 Å². The van der Waals surface area contributed by atoms with Crippen molar-refractivity contribution in [1.29, 1.82) is 0 Å². The standard InChI is InChI=1S/C16H23ClN2O4S/c1-3-24(22,23)18(2)14-7-9-19(10-8-14)15(16(20)21)12-5-4-6-13(17)11-12/h4-6,11,14-15H,3,7-10H2,1-2H3,(H,20,21). The second kappa shape index (κ2) is 7.82. The smallest absolute Gasteiger partial charge is 0.325 e. The van der Waals surface area contributed by atoms with Crippen LogP contribution in [0, 0.1) is 0 Å². The molecule has 134 valence electrons. The lowest BCUT2D eigenvalue weighted by atomic mass is 9.99. The van der Waals surface area contributed by atoms with Crippen molar-refractivity contribution in [2.75, 3.05) is 25.9 Å². The molecule has 1 aliphatic rings. The Hall–Kier alpha value is -1.15. The summed E-state index contributed by atoms with van der Waals surface area (Å²) in [5.74, 6) is -0.852. The number of aliphatic carboxylic acids is 1. The SMILES string of the molecule is CCS(=O)(=O)N(C)C1CCN(C(C(=O)O)c2cccc(Cl)c2)CC1. The molecule has 0 amide bonds. The van der Waals surface area contributed by atoms with Crippen molar-refractivity contribution in [3.63, 3.8) is 0 Å². The minimum atomic E-state index is -3.23. The summed E-state index contributed by atoms with van der Waals surface area (Å²) >= 11 is 5.98. The van der Waals surface area contributed by atoms with Crippen LogP contribution in [0.1, 0.15) is 31.4 Å². The molecule has 24 heavy (non-hydrogen) atoms. The van der Waals surface area contributed by atoms with Crippen LogP contribution in [0.25, 0.3) is 0 Å². The predicted octanol–water partition coefficient (Wildman–Crippen LogP) is 2.21. The number of hydrogen-bond acceptors (Lipinski definition) is 4. The fraction of sp³-hybridized carbons (Fsp3) is 0.562. The molecule has 8 heteroatoms. The van der Waals surface area contributed by atoms with Crippen LogP contribution in [0.15, 0.2) is 24.3 Å². The van der Waals surface area contributed by atoms with E-state index in [2.05, 4.69) is 0 Å². The quantitative estimate of drug-likeness (QED) is 0.826. The number of benzene rings is 1. The Kier molecular flexibility index (Phi) is 6.25. The Bertz CT molecular complexity index is 687. The molecular weight excluding hydrogens is 352 g/mol. The highest BCUT2D eigenvalue weighted by Crippen LogP contribution is 2.28. The number of carboxylic acid groups (broad SMARTS) is 1. The molecule has 1 saturated heterocycles. The summed E-state index contributed by atoms with van der Waals surface area (Å²) in [7, 11) is -1.63. The topological polar surface area (TPSA) is 77.9 Å². The van der Waals surface area contributed by atoms with E-state index in [1.54, 1.807) is 38.2 Å². The number of carboxylic acids is 1. The normalized spacial score (nSPS) is 18.7. The number of nitrogens with zero attached hydrogens (tertiary/aromatic N) is 2. The highest BCUT2D eigenvalue weighted by Gasteiger charge is 2.34. The van der Waals surface area contributed by atoms with E-state index in [4.69, 9.17) is 11.6 Å². The van der Waals surface area contributed by atoms with E-state index in [9.17, 15) is 18.3 Å². The molecule has 6 nitrogen and oxygen atoms in total. The number of halogens is 1. The fourth-order valence-corrected chi connectivity index (χ4v) is 4.40. The Morgan fingerprint density at radius 2 is 2.04 bits per heavy atom. The molecule has 1 atom stereocenters. The van der Waals surface area contributed by atoms with Crippen molar-refractivity contribution in [1.82, 2.24) is 9.21 Å². The van der Waals surface area contributed by atoms with E-state index in [0.29, 0.717) is 36.5 Å². The molecule has 1 fully saturated rings. The van der Waals surface area contributed by atoms with Crippen LogP contribution in [0.5, 0.6) is 0 Å². The zero-order chi connectivity index (χ0) is 17.9. The average Bonchev–Trinajstić information content (AvgIpc) is 2.55. The second-order valence-electron chi connectivity index (χ2n) is 5.98. The van der Waals surface area contributed by atoms with Gasteiger partial charge in [-0.3, -0.25) is 9.69 Å². The van der Waals surface area contributed by atoms with E-state index >= 15 is 0 Å². The van der Waals surface area contributed by atoms with Crippen LogP contribution in [0.3, 0.4) is 0 Å². The summed E-state index contributed by atoms with van der Waals surface area (Å²) in [5.41, 5.74) is 0.642. The first-order chi connectivity index (χ1) is 11.3. The molecule has 0 aliphatic carbocycles. The Balaban J connectivity index is 2.10. The van der Waals surface area contributed by atoms with E-state index in [1.165, 1.54) is 4.31 Å². The highest BCUT2D eigenvalue weighted by molar-refractivity contribution is 7.89. The van der Waals surface area contributed by atoms with Crippen LogP contribution in [0.4, 0.5) is 0 Å². The van der Waals surface area contributed by atoms with Gasteiger partial charge in [-0.15, -0.1) is 0 Å². The average molecular weight is 375 g/mol. The van der Waals surface area contributed by atoms with Crippen LogP contribution in [0.2, 0.25) is 5.02 Å². The maximum absolute atomic E-state index is 12.0. The van der Waals surface area contributed by atoms with Gasteiger partial charge in [0.05, 0.1) is 5.75 Å². The lowest BCUT2D eigenvalue weighted by Gasteiger charge is -2.38. The molecule has 1 heterocycles. The van der Waals surface area contributed by atoms with E-state index in [-0.39, 0.29) is 11.8 Å². The Morgan fingerprint density at radius 3 is 2.54 bits per heavy atom. The number of hydrogen-bond donors (Lipinski definition) is 1. The van der Waals surface area contributed by atoms with Crippen LogP contribution in [-0.4, -0.2) is 60.6 Å². The third kappa shape index (κ3) is 4.27. The van der Waals surface area contributed by atoms with E-state index < -0.39 is 22.0 Å². The number of rotatable bonds is 6. The van der Waals surface area contributed by atoms with Gasteiger partial charge in [0.1, 0.15) is 6.04 Å². The molecule has 0 saturated carbocycles. The molecule has 1 unspecified atom stereocenters. The molecule has 0 bridgehead atoms. The van der Waals surface area contributed by atoms with Gasteiger partial charge in [-0.25, -0.2) is 12.7 Å². The molecule has 2 rings (SSSR count). The van der Waals surface area contributed by atoms with Crippen molar-refractivity contribution in [3.8, 4) is 0 Å². The van der Waals surface area contributed by atoms with Gasteiger partial charge >= 0.3 is 5.97 Å². The molecule has 1 aromatic rings. The lowest BCUT2D eigenvalue weighted by Crippen LogP contribution is -2.48. The molecule has 1 aliphatic heterocycles. The monoisotopic (exact) mass is 374 g/mol. The molecule has 0 spiro atoms. The summed E-state index contributed by atoms with van der Waals surface area (Å²) in [6.07, 6.45) is 1.22. The van der Waals surface area contributed by atoms with Gasteiger partial charge in [0.15, 0.2) is 0 Å². The number of piperidine rings is 1. The first-order valence-corrected chi connectivity index (χ1v) is 9.93. The van der Waals surface area contributed by atoms with Crippen molar-refractivity contribution >= 4 is 27.6 Å². The summed E-state index contributed by atoms with van der Waals surface area (Å²) in [6.45, 7) is 2.68. The molecule has 1 N–H and O–H groups in total. The fourth-order valence-electron chi connectivity index (χ4n) is 3.12. The minimum absolute atomic E-state index is 0.0734. The van der Waals surface area contributed by atoms with Crippen LogP contribution < -0.4 is 0 Å². The van der Waals surface area contributed by atoms with Gasteiger partial charge in [0.2, 0.25) is 10.0 Å². The number of carbonyl (C=O) groups is 1. The first-order valence-electron chi connectivity index (χ1n) is 7.94. The summed E-state index contributed by atoms with van der Waals surface area (Å²) < 4.78 is 25.4. The summed E-state index contributed by atoms with van der Waals surface area (Å²) in [5, 5.41) is 10.1. The lowest BCUT2D eigenvalue weighted by molar-refractivity contribution is -0.144. The largest absolute Gasteiger partial charge is 0.480 e. The third-order valence-corrected chi connectivity index (χ3v) is 6.72. The number of sulfonamides is 1. The maximum atomic E-state index is 12.0. The van der Waals surface area contributed by atoms with Crippen molar-refractivity contribution < 1.29 is 18.3 Å². The van der Waals surface area contributed by atoms with Gasteiger partial charge in [0.25, 0.3) is 0 Å². The van der Waals surface area contributed by atoms with Gasteiger partial charge in [-0.05, 0) is 37.5 Å². The Labute approximate surface area is 148 Å².